The molecule has 1 aromatic rings. The molecule has 0 aliphatic heterocycles. The number of carbonyl (C=O) groups excluding carboxylic acids is 1. The van der Waals surface area contributed by atoms with E-state index in [-0.39, 0.29) is 16.6 Å². The van der Waals surface area contributed by atoms with E-state index in [0.717, 1.165) is 0 Å². The number of nitrogens with two attached hydrogens (primary N) is 1. The number of thioether (sulfide) groups is 1. The second-order valence-electron chi connectivity index (χ2n) is 3.93. The Morgan fingerprint density at radius 2 is 2.26 bits per heavy atom. The molecule has 0 aromatic carbocycles. The van der Waals surface area contributed by atoms with E-state index in [0.29, 0.717) is 13.0 Å². The quantitative estimate of drug-likeness (QED) is 0.816. The molecule has 0 radical (unpaired) electrons. The molecular formula is C11H14F3N3OS. The minimum atomic E-state index is -4.48. The van der Waals surface area contributed by atoms with Crippen molar-refractivity contribution >= 4 is 17.7 Å². The molecule has 1 atom stereocenters. The number of carbonyl (C=O) groups is 1. The first-order valence-electron chi connectivity index (χ1n) is 5.54. The highest BCUT2D eigenvalue weighted by molar-refractivity contribution is 8.00. The lowest BCUT2D eigenvalue weighted by atomic mass is 10.2. The molecule has 4 nitrogen and oxygen atoms in total. The lowest BCUT2D eigenvalue weighted by Gasteiger charge is -2.11. The SMILES string of the molecule is CC(N)CCNC(=O)c1cccnc1SC(F)(F)F. The maximum atomic E-state index is 12.3. The van der Waals surface area contributed by atoms with Crippen molar-refractivity contribution in [2.75, 3.05) is 6.54 Å². The molecule has 1 amide bonds. The number of alkyl halides is 3. The van der Waals surface area contributed by atoms with Gasteiger partial charge >= 0.3 is 5.51 Å². The fourth-order valence-corrected chi connectivity index (χ4v) is 1.87. The Kier molecular flexibility index (Phi) is 5.61. The van der Waals surface area contributed by atoms with Gasteiger partial charge in [-0.1, -0.05) is 0 Å². The van der Waals surface area contributed by atoms with E-state index in [1.165, 1.54) is 18.3 Å². The third-order valence-corrected chi connectivity index (χ3v) is 2.86. The highest BCUT2D eigenvalue weighted by Gasteiger charge is 2.32. The largest absolute Gasteiger partial charge is 0.447 e. The van der Waals surface area contributed by atoms with Gasteiger partial charge in [0.25, 0.3) is 5.91 Å². The number of nitrogens with zero attached hydrogens (tertiary/aromatic N) is 1. The van der Waals surface area contributed by atoms with Crippen molar-refractivity contribution in [2.45, 2.75) is 29.9 Å². The number of aromatic nitrogens is 1. The van der Waals surface area contributed by atoms with Crippen LogP contribution in [0.5, 0.6) is 0 Å². The molecule has 1 unspecified atom stereocenters. The smallest absolute Gasteiger partial charge is 0.352 e. The zero-order chi connectivity index (χ0) is 14.5. The molecule has 0 spiro atoms. The van der Waals surface area contributed by atoms with E-state index in [1.54, 1.807) is 6.92 Å². The van der Waals surface area contributed by atoms with Crippen molar-refractivity contribution < 1.29 is 18.0 Å². The van der Waals surface area contributed by atoms with Gasteiger partial charge in [0.05, 0.1) is 5.56 Å². The van der Waals surface area contributed by atoms with Gasteiger partial charge in [-0.15, -0.1) is 0 Å². The first-order valence-corrected chi connectivity index (χ1v) is 6.36. The molecule has 0 saturated carbocycles. The van der Waals surface area contributed by atoms with Crippen molar-refractivity contribution in [3.05, 3.63) is 23.9 Å². The molecule has 1 heterocycles. The van der Waals surface area contributed by atoms with Crippen LogP contribution in [-0.2, 0) is 0 Å². The van der Waals surface area contributed by atoms with E-state index in [9.17, 15) is 18.0 Å². The van der Waals surface area contributed by atoms with Crippen LogP contribution in [0.4, 0.5) is 13.2 Å². The van der Waals surface area contributed by atoms with Crippen molar-refractivity contribution in [2.24, 2.45) is 5.73 Å². The summed E-state index contributed by atoms with van der Waals surface area (Å²) in [5.41, 5.74) is 0.948. The number of pyridine rings is 1. The van der Waals surface area contributed by atoms with Crippen molar-refractivity contribution in [3.8, 4) is 0 Å². The normalized spacial score (nSPS) is 13.1. The van der Waals surface area contributed by atoms with Gasteiger partial charge in [0.15, 0.2) is 0 Å². The lowest BCUT2D eigenvalue weighted by molar-refractivity contribution is -0.0329. The van der Waals surface area contributed by atoms with Crippen LogP contribution in [0.1, 0.15) is 23.7 Å². The third-order valence-electron chi connectivity index (χ3n) is 2.11. The zero-order valence-corrected chi connectivity index (χ0v) is 11.0. The molecule has 0 bridgehead atoms. The van der Waals surface area contributed by atoms with Crippen molar-refractivity contribution in [1.82, 2.24) is 10.3 Å². The summed E-state index contributed by atoms with van der Waals surface area (Å²) in [6.07, 6.45) is 1.76. The number of hydrogen-bond acceptors (Lipinski definition) is 4. The standard InChI is InChI=1S/C11H14F3N3OS/c1-7(15)4-6-16-9(18)8-3-2-5-17-10(8)19-11(12,13)14/h2-3,5,7H,4,6,15H2,1H3,(H,16,18). The zero-order valence-electron chi connectivity index (χ0n) is 10.2. The van der Waals surface area contributed by atoms with Crippen LogP contribution in [0, 0.1) is 0 Å². The Labute approximate surface area is 113 Å². The van der Waals surface area contributed by atoms with Crippen LogP contribution in [0.3, 0.4) is 0 Å². The fraction of sp³-hybridized carbons (Fsp3) is 0.455. The highest BCUT2D eigenvalue weighted by atomic mass is 32.2. The van der Waals surface area contributed by atoms with Gasteiger partial charge in [-0.2, -0.15) is 13.2 Å². The number of amides is 1. The summed E-state index contributed by atoms with van der Waals surface area (Å²) in [4.78, 5) is 15.3. The van der Waals surface area contributed by atoms with E-state index in [1.807, 2.05) is 0 Å². The van der Waals surface area contributed by atoms with Crippen LogP contribution in [0.15, 0.2) is 23.4 Å². The molecule has 1 rings (SSSR count). The van der Waals surface area contributed by atoms with Crippen LogP contribution in [-0.4, -0.2) is 29.0 Å². The van der Waals surface area contributed by atoms with Crippen molar-refractivity contribution in [3.63, 3.8) is 0 Å². The van der Waals surface area contributed by atoms with Crippen LogP contribution < -0.4 is 11.1 Å². The Balaban J connectivity index is 2.74. The predicted molar refractivity (Wildman–Crippen MR) is 66.7 cm³/mol. The van der Waals surface area contributed by atoms with E-state index in [2.05, 4.69) is 10.3 Å². The van der Waals surface area contributed by atoms with Gasteiger partial charge in [-0.05, 0) is 25.5 Å². The maximum absolute atomic E-state index is 12.3. The Hall–Kier alpha value is -1.28. The van der Waals surface area contributed by atoms with Gasteiger partial charge in [-0.25, -0.2) is 4.98 Å². The first kappa shape index (κ1) is 15.8. The predicted octanol–water partition coefficient (Wildman–Crippen LogP) is 2.16. The molecule has 0 aliphatic carbocycles. The molecule has 1 aromatic heterocycles. The summed E-state index contributed by atoms with van der Waals surface area (Å²) in [6, 6.07) is 2.64. The summed E-state index contributed by atoms with van der Waals surface area (Å²) in [6.45, 7) is 2.09. The number of nitrogens with one attached hydrogen (secondary N) is 1. The molecule has 3 N–H and O–H groups in total. The third kappa shape index (κ3) is 5.93. The summed E-state index contributed by atoms with van der Waals surface area (Å²) < 4.78 is 37.0. The minimum absolute atomic E-state index is 0.0850. The fourth-order valence-electron chi connectivity index (χ4n) is 1.26. The average Bonchev–Trinajstić information content (AvgIpc) is 2.26. The number of hydrogen-bond donors (Lipinski definition) is 2. The first-order chi connectivity index (χ1) is 8.79. The highest BCUT2D eigenvalue weighted by Crippen LogP contribution is 2.37. The lowest BCUT2D eigenvalue weighted by Crippen LogP contribution is -2.29. The van der Waals surface area contributed by atoms with Gasteiger partial charge in [0.1, 0.15) is 5.03 Å². The molecule has 0 saturated heterocycles. The molecule has 8 heteroatoms. The van der Waals surface area contributed by atoms with Crippen molar-refractivity contribution in [1.29, 1.82) is 0 Å². The van der Waals surface area contributed by atoms with Crippen LogP contribution in [0.25, 0.3) is 0 Å². The van der Waals surface area contributed by atoms with E-state index in [4.69, 9.17) is 5.73 Å². The number of rotatable bonds is 5. The minimum Gasteiger partial charge on any atom is -0.352 e. The van der Waals surface area contributed by atoms with E-state index < -0.39 is 23.2 Å². The van der Waals surface area contributed by atoms with Gasteiger partial charge in [0.2, 0.25) is 0 Å². The maximum Gasteiger partial charge on any atom is 0.447 e. The molecule has 0 aliphatic rings. The number of halogens is 3. The molecule has 19 heavy (non-hydrogen) atoms. The van der Waals surface area contributed by atoms with Gasteiger partial charge in [-0.3, -0.25) is 4.79 Å². The Morgan fingerprint density at radius 1 is 1.58 bits per heavy atom. The summed E-state index contributed by atoms with van der Waals surface area (Å²) >= 11 is -0.401. The van der Waals surface area contributed by atoms with Gasteiger partial charge in [0, 0.05) is 30.5 Å². The van der Waals surface area contributed by atoms with E-state index >= 15 is 0 Å². The molecule has 0 fully saturated rings. The van der Waals surface area contributed by atoms with Gasteiger partial charge < -0.3 is 11.1 Å². The Bertz CT molecular complexity index is 437. The Morgan fingerprint density at radius 3 is 2.84 bits per heavy atom. The summed E-state index contributed by atoms with van der Waals surface area (Å²) in [7, 11) is 0. The van der Waals surface area contributed by atoms with Crippen LogP contribution in [0.2, 0.25) is 0 Å². The summed E-state index contributed by atoms with van der Waals surface area (Å²) in [5.74, 6) is -0.583. The topological polar surface area (TPSA) is 68.0 Å². The second kappa shape index (κ2) is 6.76. The van der Waals surface area contributed by atoms with Crippen LogP contribution >= 0.6 is 11.8 Å². The summed E-state index contributed by atoms with van der Waals surface area (Å²) in [5, 5.41) is 2.16. The molecule has 106 valence electrons. The average molecular weight is 293 g/mol. The second-order valence-corrected chi connectivity index (χ2v) is 4.98. The monoisotopic (exact) mass is 293 g/mol. The molecular weight excluding hydrogens is 279 g/mol.